The van der Waals surface area contributed by atoms with Crippen LogP contribution in [0.1, 0.15) is 19.3 Å². The van der Waals surface area contributed by atoms with Crippen LogP contribution in [0.3, 0.4) is 0 Å². The molecule has 82 valence electrons. The molecule has 14 heavy (non-hydrogen) atoms. The standard InChI is InChI=1S/C9H16O5/c10-2-1-3-13-6-8-4-7(11)5-9(12)14-8/h2,7-9,11-12H,1,3-6H2. The smallest absolute Gasteiger partial charge is 0.157 e. The Hall–Kier alpha value is -0.490. The fourth-order valence-corrected chi connectivity index (χ4v) is 1.42. The summed E-state index contributed by atoms with van der Waals surface area (Å²) < 4.78 is 10.3. The minimum atomic E-state index is -0.904. The first-order valence-corrected chi connectivity index (χ1v) is 4.75. The summed E-state index contributed by atoms with van der Waals surface area (Å²) in [5.41, 5.74) is 0. The molecule has 1 fully saturated rings. The molecule has 0 radical (unpaired) electrons. The SMILES string of the molecule is O=CCCOCC1CC(O)CC(O)O1. The van der Waals surface area contributed by atoms with Crippen molar-refractivity contribution in [2.24, 2.45) is 0 Å². The maximum absolute atomic E-state index is 9.97. The van der Waals surface area contributed by atoms with Crippen molar-refractivity contribution in [3.8, 4) is 0 Å². The zero-order chi connectivity index (χ0) is 10.4. The number of ether oxygens (including phenoxy) is 2. The lowest BCUT2D eigenvalue weighted by atomic mass is 10.1. The summed E-state index contributed by atoms with van der Waals surface area (Å²) in [7, 11) is 0. The molecule has 2 N–H and O–H groups in total. The van der Waals surface area contributed by atoms with Crippen LogP contribution in [0.4, 0.5) is 0 Å². The first-order valence-electron chi connectivity index (χ1n) is 4.75. The maximum Gasteiger partial charge on any atom is 0.157 e. The van der Waals surface area contributed by atoms with Crippen molar-refractivity contribution in [1.29, 1.82) is 0 Å². The summed E-state index contributed by atoms with van der Waals surface area (Å²) in [6.45, 7) is 0.664. The topological polar surface area (TPSA) is 76.0 Å². The molecule has 0 aromatic rings. The summed E-state index contributed by atoms with van der Waals surface area (Å²) in [5, 5.41) is 18.5. The molecule has 0 aromatic heterocycles. The summed E-state index contributed by atoms with van der Waals surface area (Å²) in [6, 6.07) is 0. The monoisotopic (exact) mass is 204 g/mol. The molecule has 3 atom stereocenters. The molecular weight excluding hydrogens is 188 g/mol. The molecule has 0 spiro atoms. The number of hydrogen-bond acceptors (Lipinski definition) is 5. The predicted octanol–water partition coefficient (Wildman–Crippen LogP) is -0.550. The van der Waals surface area contributed by atoms with Gasteiger partial charge in [0.2, 0.25) is 0 Å². The number of aliphatic hydroxyl groups excluding tert-OH is 2. The van der Waals surface area contributed by atoms with Crippen LogP contribution in [0.25, 0.3) is 0 Å². The van der Waals surface area contributed by atoms with Crippen LogP contribution in [-0.2, 0) is 14.3 Å². The third-order valence-electron chi connectivity index (χ3n) is 2.04. The highest BCUT2D eigenvalue weighted by molar-refractivity contribution is 5.49. The summed E-state index contributed by atoms with van der Waals surface area (Å²) in [6.07, 6.45) is 0.156. The lowest BCUT2D eigenvalue weighted by molar-refractivity contribution is -0.201. The molecule has 1 aliphatic rings. The van der Waals surface area contributed by atoms with Crippen LogP contribution in [-0.4, -0.2) is 48.2 Å². The summed E-state index contributed by atoms with van der Waals surface area (Å²) >= 11 is 0. The van der Waals surface area contributed by atoms with Crippen molar-refractivity contribution in [2.75, 3.05) is 13.2 Å². The first-order chi connectivity index (χ1) is 6.72. The Labute approximate surface area is 82.6 Å². The van der Waals surface area contributed by atoms with E-state index in [9.17, 15) is 9.90 Å². The third kappa shape index (κ3) is 4.15. The molecule has 3 unspecified atom stereocenters. The fraction of sp³-hybridized carbons (Fsp3) is 0.889. The summed E-state index contributed by atoms with van der Waals surface area (Å²) in [4.78, 5) is 9.97. The zero-order valence-electron chi connectivity index (χ0n) is 7.96. The normalized spacial score (nSPS) is 32.9. The van der Waals surface area contributed by atoms with Gasteiger partial charge >= 0.3 is 0 Å². The van der Waals surface area contributed by atoms with Crippen LogP contribution in [0.15, 0.2) is 0 Å². The van der Waals surface area contributed by atoms with Crippen molar-refractivity contribution in [3.05, 3.63) is 0 Å². The molecule has 1 aliphatic heterocycles. The molecule has 0 aliphatic carbocycles. The Morgan fingerprint density at radius 1 is 1.43 bits per heavy atom. The Balaban J connectivity index is 2.13. The van der Waals surface area contributed by atoms with Gasteiger partial charge in [-0.2, -0.15) is 0 Å². The van der Waals surface area contributed by atoms with Gasteiger partial charge in [-0.25, -0.2) is 0 Å². The molecular formula is C9H16O5. The van der Waals surface area contributed by atoms with Crippen LogP contribution >= 0.6 is 0 Å². The van der Waals surface area contributed by atoms with E-state index >= 15 is 0 Å². The van der Waals surface area contributed by atoms with E-state index in [4.69, 9.17) is 14.6 Å². The van der Waals surface area contributed by atoms with Crippen LogP contribution in [0.5, 0.6) is 0 Å². The van der Waals surface area contributed by atoms with Gasteiger partial charge in [-0.05, 0) is 0 Å². The Morgan fingerprint density at radius 2 is 2.21 bits per heavy atom. The predicted molar refractivity (Wildman–Crippen MR) is 47.6 cm³/mol. The lowest BCUT2D eigenvalue weighted by Gasteiger charge is -2.29. The van der Waals surface area contributed by atoms with Gasteiger partial charge in [-0.15, -0.1) is 0 Å². The highest BCUT2D eigenvalue weighted by atomic mass is 16.6. The highest BCUT2D eigenvalue weighted by Crippen LogP contribution is 2.18. The number of hydrogen-bond donors (Lipinski definition) is 2. The molecule has 0 bridgehead atoms. The summed E-state index contributed by atoms with van der Waals surface area (Å²) in [5.74, 6) is 0. The van der Waals surface area contributed by atoms with E-state index in [1.54, 1.807) is 0 Å². The van der Waals surface area contributed by atoms with E-state index in [-0.39, 0.29) is 12.5 Å². The molecule has 1 heterocycles. The van der Waals surface area contributed by atoms with Crippen molar-refractivity contribution in [1.82, 2.24) is 0 Å². The number of aldehydes is 1. The molecule has 5 heteroatoms. The average molecular weight is 204 g/mol. The van der Waals surface area contributed by atoms with Crippen molar-refractivity contribution in [3.63, 3.8) is 0 Å². The minimum absolute atomic E-state index is 0.255. The number of rotatable bonds is 5. The number of carbonyl (C=O) groups is 1. The molecule has 5 nitrogen and oxygen atoms in total. The molecule has 0 aromatic carbocycles. The van der Waals surface area contributed by atoms with Crippen molar-refractivity contribution >= 4 is 6.29 Å². The molecule has 0 saturated carbocycles. The highest BCUT2D eigenvalue weighted by Gasteiger charge is 2.26. The second-order valence-corrected chi connectivity index (χ2v) is 3.37. The number of aliphatic hydroxyl groups is 2. The van der Waals surface area contributed by atoms with Gasteiger partial charge in [0, 0.05) is 19.3 Å². The minimum Gasteiger partial charge on any atom is -0.393 e. The second kappa shape index (κ2) is 6.08. The van der Waals surface area contributed by atoms with Crippen LogP contribution in [0, 0.1) is 0 Å². The van der Waals surface area contributed by atoms with E-state index in [1.807, 2.05) is 0 Å². The van der Waals surface area contributed by atoms with Gasteiger partial charge in [0.1, 0.15) is 6.29 Å². The van der Waals surface area contributed by atoms with Crippen molar-refractivity contribution in [2.45, 2.75) is 37.8 Å². The Kier molecular flexibility index (Phi) is 5.03. The quantitative estimate of drug-likeness (QED) is 0.464. The van der Waals surface area contributed by atoms with Crippen molar-refractivity contribution < 1.29 is 24.5 Å². The molecule has 1 rings (SSSR count). The fourth-order valence-electron chi connectivity index (χ4n) is 1.42. The lowest BCUT2D eigenvalue weighted by Crippen LogP contribution is -2.38. The number of carbonyl (C=O) groups excluding carboxylic acids is 1. The van der Waals surface area contributed by atoms with E-state index in [0.29, 0.717) is 26.1 Å². The van der Waals surface area contributed by atoms with Gasteiger partial charge in [-0.3, -0.25) is 0 Å². The Bertz CT molecular complexity index is 163. The molecule has 1 saturated heterocycles. The van der Waals surface area contributed by atoms with Gasteiger partial charge in [0.15, 0.2) is 6.29 Å². The van der Waals surface area contributed by atoms with Gasteiger partial charge in [0.25, 0.3) is 0 Å². The van der Waals surface area contributed by atoms with E-state index in [2.05, 4.69) is 0 Å². The molecule has 0 amide bonds. The van der Waals surface area contributed by atoms with E-state index < -0.39 is 12.4 Å². The van der Waals surface area contributed by atoms with Gasteiger partial charge < -0.3 is 24.5 Å². The first kappa shape index (κ1) is 11.6. The zero-order valence-corrected chi connectivity index (χ0v) is 7.96. The van der Waals surface area contributed by atoms with Gasteiger partial charge in [0.05, 0.1) is 25.4 Å². The largest absolute Gasteiger partial charge is 0.393 e. The third-order valence-corrected chi connectivity index (χ3v) is 2.04. The second-order valence-electron chi connectivity index (χ2n) is 3.37. The van der Waals surface area contributed by atoms with Gasteiger partial charge in [-0.1, -0.05) is 0 Å². The van der Waals surface area contributed by atoms with Crippen LogP contribution < -0.4 is 0 Å². The maximum atomic E-state index is 9.97. The van der Waals surface area contributed by atoms with E-state index in [1.165, 1.54) is 0 Å². The van der Waals surface area contributed by atoms with Crippen LogP contribution in [0.2, 0.25) is 0 Å². The van der Waals surface area contributed by atoms with E-state index in [0.717, 1.165) is 6.29 Å². The Morgan fingerprint density at radius 3 is 2.86 bits per heavy atom. The average Bonchev–Trinajstić information content (AvgIpc) is 2.11.